The van der Waals surface area contributed by atoms with E-state index in [2.05, 4.69) is 10.4 Å². The Kier molecular flexibility index (Phi) is 8.22. The Morgan fingerprint density at radius 3 is 2.66 bits per heavy atom. The van der Waals surface area contributed by atoms with E-state index >= 15 is 0 Å². The summed E-state index contributed by atoms with van der Waals surface area (Å²) in [6.45, 7) is 4.30. The zero-order valence-electron chi connectivity index (χ0n) is 24.4. The molecule has 0 radical (unpaired) electrons. The summed E-state index contributed by atoms with van der Waals surface area (Å²) in [5.74, 6) is -3.75. The van der Waals surface area contributed by atoms with Crippen LogP contribution >= 0.6 is 0 Å². The highest BCUT2D eigenvalue weighted by Gasteiger charge is 2.35. The summed E-state index contributed by atoms with van der Waals surface area (Å²) in [5, 5.41) is 8.32. The fraction of sp³-hybridized carbons (Fsp3) is 0.364. The molecule has 11 heteroatoms. The van der Waals surface area contributed by atoms with Gasteiger partial charge in [-0.2, -0.15) is 13.9 Å². The van der Waals surface area contributed by atoms with Gasteiger partial charge in [0.1, 0.15) is 25.1 Å². The maximum Gasteiger partial charge on any atom is 0.302 e. The fourth-order valence-electron chi connectivity index (χ4n) is 5.46. The summed E-state index contributed by atoms with van der Waals surface area (Å²) in [5.41, 5.74) is 2.68. The van der Waals surface area contributed by atoms with Crippen LogP contribution in [0.3, 0.4) is 0 Å². The second-order valence-corrected chi connectivity index (χ2v) is 11.3. The number of alkyl halides is 2. The molecule has 1 aromatic heterocycles. The Balaban J connectivity index is 1.26. The van der Waals surface area contributed by atoms with Gasteiger partial charge in [-0.15, -0.1) is 0 Å². The predicted octanol–water partition coefficient (Wildman–Crippen LogP) is 5.69. The van der Waals surface area contributed by atoms with E-state index in [-0.39, 0.29) is 18.4 Å². The van der Waals surface area contributed by atoms with E-state index in [0.29, 0.717) is 67.4 Å². The van der Waals surface area contributed by atoms with Gasteiger partial charge in [-0.1, -0.05) is 19.1 Å². The van der Waals surface area contributed by atoms with Crippen LogP contribution in [-0.4, -0.2) is 59.9 Å². The monoisotopic (exact) mass is 605 g/mol. The molecular formula is C33H33F2N3O6. The highest BCUT2D eigenvalue weighted by molar-refractivity contribution is 5.95. The summed E-state index contributed by atoms with van der Waals surface area (Å²) < 4.78 is 52.5. The van der Waals surface area contributed by atoms with Gasteiger partial charge in [-0.25, -0.2) is 4.68 Å². The van der Waals surface area contributed by atoms with Crippen LogP contribution < -0.4 is 19.5 Å². The first-order valence-electron chi connectivity index (χ1n) is 14.6. The Morgan fingerprint density at radius 2 is 1.89 bits per heavy atom. The highest BCUT2D eigenvalue weighted by Crippen LogP contribution is 2.38. The van der Waals surface area contributed by atoms with Crippen LogP contribution in [0.15, 0.2) is 66.9 Å². The number of carbonyl (C=O) groups excluding carboxylic acids is 2. The summed E-state index contributed by atoms with van der Waals surface area (Å²) >= 11 is 0. The normalized spacial score (nSPS) is 17.7. The van der Waals surface area contributed by atoms with Crippen molar-refractivity contribution in [2.45, 2.75) is 44.8 Å². The van der Waals surface area contributed by atoms with Crippen molar-refractivity contribution in [1.29, 1.82) is 0 Å². The van der Waals surface area contributed by atoms with Crippen LogP contribution in [0, 0.1) is 5.92 Å². The van der Waals surface area contributed by atoms with E-state index in [1.165, 1.54) is 0 Å². The maximum atomic E-state index is 13.8. The lowest BCUT2D eigenvalue weighted by Gasteiger charge is -2.27. The number of benzene rings is 3. The van der Waals surface area contributed by atoms with Crippen LogP contribution in [-0.2, 0) is 9.53 Å². The van der Waals surface area contributed by atoms with E-state index in [1.807, 2.05) is 18.2 Å². The quantitative estimate of drug-likeness (QED) is 0.248. The number of Topliss-reactive ketones (excluding diaryl/α,β-unsaturated/α-hetero) is 1. The number of fused-ring (bicyclic) bond motifs is 2. The molecule has 4 aromatic rings. The maximum absolute atomic E-state index is 13.8. The van der Waals surface area contributed by atoms with Crippen molar-refractivity contribution in [2.24, 2.45) is 5.92 Å². The van der Waals surface area contributed by atoms with Crippen molar-refractivity contribution >= 4 is 22.6 Å². The molecule has 0 aliphatic carbocycles. The first-order valence-corrected chi connectivity index (χ1v) is 14.6. The molecule has 1 saturated heterocycles. The lowest BCUT2D eigenvalue weighted by atomic mass is 9.91. The molecule has 1 unspecified atom stereocenters. The second-order valence-electron chi connectivity index (χ2n) is 11.3. The average Bonchev–Trinajstić information content (AvgIpc) is 3.69. The number of amides is 1. The molecule has 44 heavy (non-hydrogen) atoms. The number of halogens is 2. The molecule has 0 bridgehead atoms. The minimum atomic E-state index is -3.44. The van der Waals surface area contributed by atoms with Crippen LogP contribution in [0.25, 0.3) is 16.6 Å². The molecule has 0 spiro atoms. The zero-order valence-corrected chi connectivity index (χ0v) is 24.4. The molecule has 9 nitrogen and oxygen atoms in total. The molecule has 6 rings (SSSR count). The van der Waals surface area contributed by atoms with E-state index in [0.717, 1.165) is 17.3 Å². The Bertz CT molecular complexity index is 1680. The Labute approximate surface area is 253 Å². The molecule has 2 aliphatic heterocycles. The van der Waals surface area contributed by atoms with Crippen molar-refractivity contribution in [1.82, 2.24) is 15.1 Å². The minimum Gasteiger partial charge on any atom is -0.486 e. The number of nitrogens with zero attached hydrogens (tertiary/aromatic N) is 2. The number of hydrogen-bond donors (Lipinski definition) is 1. The molecule has 0 saturated carbocycles. The highest BCUT2D eigenvalue weighted by atomic mass is 19.3. The van der Waals surface area contributed by atoms with Gasteiger partial charge in [-0.3, -0.25) is 9.59 Å². The topological polar surface area (TPSA) is 101 Å². The third-order valence-electron chi connectivity index (χ3n) is 7.83. The Hall–Kier alpha value is -4.51. The van der Waals surface area contributed by atoms with E-state index in [9.17, 15) is 18.4 Å². The van der Waals surface area contributed by atoms with Crippen LogP contribution in [0.4, 0.5) is 8.78 Å². The SMILES string of the molecule is C[C@H](CC(=O)C(C)(F)F)[C@H](Oc1ccc2c(cnn2-c2cccc(C(=O)NC3CCOC3)c2)c1)c1ccc2c(c1)OCCO2. The number of rotatable bonds is 10. The van der Waals surface area contributed by atoms with Crippen LogP contribution in [0.1, 0.15) is 48.7 Å². The average molecular weight is 606 g/mol. The molecular weight excluding hydrogens is 572 g/mol. The van der Waals surface area contributed by atoms with Gasteiger partial charge in [0.15, 0.2) is 11.5 Å². The third-order valence-corrected chi connectivity index (χ3v) is 7.83. The molecule has 1 fully saturated rings. The fourth-order valence-corrected chi connectivity index (χ4v) is 5.46. The number of aromatic nitrogens is 2. The number of carbonyl (C=O) groups is 2. The first-order chi connectivity index (χ1) is 21.2. The molecule has 230 valence electrons. The van der Waals surface area contributed by atoms with Crippen molar-refractivity contribution in [3.63, 3.8) is 0 Å². The van der Waals surface area contributed by atoms with Crippen LogP contribution in [0.5, 0.6) is 17.2 Å². The van der Waals surface area contributed by atoms with Gasteiger partial charge in [-0.05, 0) is 60.5 Å². The minimum absolute atomic E-state index is 0.000373. The predicted molar refractivity (Wildman–Crippen MR) is 158 cm³/mol. The van der Waals surface area contributed by atoms with Crippen molar-refractivity contribution < 1.29 is 37.3 Å². The summed E-state index contributed by atoms with van der Waals surface area (Å²) in [6, 6.07) is 17.9. The second kappa shape index (κ2) is 12.2. The largest absolute Gasteiger partial charge is 0.486 e. The zero-order chi connectivity index (χ0) is 30.8. The number of ketones is 1. The van der Waals surface area contributed by atoms with Gasteiger partial charge >= 0.3 is 5.92 Å². The first kappa shape index (κ1) is 29.6. The van der Waals surface area contributed by atoms with Crippen LogP contribution in [0.2, 0.25) is 0 Å². The van der Waals surface area contributed by atoms with E-state index in [1.54, 1.807) is 60.3 Å². The summed E-state index contributed by atoms with van der Waals surface area (Å²) in [4.78, 5) is 25.1. The van der Waals surface area contributed by atoms with E-state index < -0.39 is 23.7 Å². The summed E-state index contributed by atoms with van der Waals surface area (Å²) in [6.07, 6.45) is 1.37. The van der Waals surface area contributed by atoms with Gasteiger partial charge in [0, 0.05) is 36.8 Å². The third kappa shape index (κ3) is 6.37. The molecule has 1 amide bonds. The van der Waals surface area contributed by atoms with Crippen molar-refractivity contribution in [2.75, 3.05) is 26.4 Å². The molecule has 3 aromatic carbocycles. The molecule has 3 atom stereocenters. The lowest BCUT2D eigenvalue weighted by molar-refractivity contribution is -0.142. The molecule has 1 N–H and O–H groups in total. The van der Waals surface area contributed by atoms with Gasteiger partial charge < -0.3 is 24.3 Å². The summed E-state index contributed by atoms with van der Waals surface area (Å²) in [7, 11) is 0. The standard InChI is InChI=1S/C33H33F2N3O6/c1-20(14-30(39)33(2,34)35)31(21-6-9-28-29(17-21)43-13-12-42-28)44-26-7-8-27-23(16-26)18-36-38(27)25-5-3-4-22(15-25)32(40)37-24-10-11-41-19-24/h3-9,15-18,20,24,31H,10-14,19H2,1-2H3,(H,37,40)/t20-,24?,31+/m1/s1. The Morgan fingerprint density at radius 1 is 1.07 bits per heavy atom. The number of hydrogen-bond acceptors (Lipinski definition) is 7. The van der Waals surface area contributed by atoms with Gasteiger partial charge in [0.25, 0.3) is 5.91 Å². The smallest absolute Gasteiger partial charge is 0.302 e. The van der Waals surface area contributed by atoms with Gasteiger partial charge in [0.05, 0.1) is 30.0 Å². The van der Waals surface area contributed by atoms with Crippen molar-refractivity contribution in [3.8, 4) is 22.9 Å². The van der Waals surface area contributed by atoms with Crippen molar-refractivity contribution in [3.05, 3.63) is 78.0 Å². The van der Waals surface area contributed by atoms with Gasteiger partial charge in [0.2, 0.25) is 5.78 Å². The number of ether oxygens (including phenoxy) is 4. The molecule has 2 aliphatic rings. The lowest BCUT2D eigenvalue weighted by Crippen LogP contribution is -2.35. The van der Waals surface area contributed by atoms with E-state index in [4.69, 9.17) is 18.9 Å². The number of nitrogens with one attached hydrogen (secondary N) is 1. The molecule has 3 heterocycles.